The molecule has 0 N–H and O–H groups in total. The third kappa shape index (κ3) is 2.88. The maximum atomic E-state index is 4.81. The Morgan fingerprint density at radius 2 is 1.12 bits per heavy atom. The zero-order valence-corrected chi connectivity index (χ0v) is 23.2. The van der Waals surface area contributed by atoms with Crippen molar-refractivity contribution in [3.05, 3.63) is 134 Å². The van der Waals surface area contributed by atoms with E-state index in [9.17, 15) is 0 Å². The zero-order valence-electron chi connectivity index (χ0n) is 22.4. The SMILES string of the molecule is c1ccc2c(c1)cc1n(-c3ccc4sc5ccc(-n6c7ccccc7c7cccnc76)cc5c4c3)c3ccccc3n21. The zero-order chi connectivity index (χ0) is 27.4. The fraction of sp³-hybridized carbons (Fsp3) is 0. The second kappa shape index (κ2) is 8.09. The monoisotopic (exact) mass is 554 g/mol. The van der Waals surface area contributed by atoms with E-state index in [1.807, 2.05) is 23.6 Å². The van der Waals surface area contributed by atoms with Crippen molar-refractivity contribution in [2.75, 3.05) is 0 Å². The van der Waals surface area contributed by atoms with E-state index in [1.165, 1.54) is 69.7 Å². The number of hydrogen-bond acceptors (Lipinski definition) is 2. The molecule has 0 saturated carbocycles. The maximum Gasteiger partial charge on any atom is 0.145 e. The van der Waals surface area contributed by atoms with E-state index in [2.05, 4.69) is 135 Å². The molecule has 5 heterocycles. The Hall–Kier alpha value is -5.39. The number of thiophene rings is 1. The molecule has 0 aliphatic carbocycles. The van der Waals surface area contributed by atoms with Crippen LogP contribution in [0.3, 0.4) is 0 Å². The molecule has 0 saturated heterocycles. The summed E-state index contributed by atoms with van der Waals surface area (Å²) in [5, 5.41) is 6.19. The lowest BCUT2D eigenvalue weighted by molar-refractivity contribution is 1.14. The third-order valence-electron chi connectivity index (χ3n) is 8.67. The van der Waals surface area contributed by atoms with Crippen molar-refractivity contribution in [2.24, 2.45) is 0 Å². The number of para-hydroxylation sites is 4. The predicted octanol–water partition coefficient (Wildman–Crippen LogP) is 9.90. The van der Waals surface area contributed by atoms with Crippen molar-refractivity contribution >= 4 is 81.0 Å². The highest BCUT2D eigenvalue weighted by Crippen LogP contribution is 2.39. The third-order valence-corrected chi connectivity index (χ3v) is 9.82. The number of rotatable bonds is 2. The van der Waals surface area contributed by atoms with E-state index in [4.69, 9.17) is 4.98 Å². The molecule has 0 spiro atoms. The molecule has 0 amide bonds. The van der Waals surface area contributed by atoms with Crippen LogP contribution in [0.2, 0.25) is 0 Å². The van der Waals surface area contributed by atoms with Crippen LogP contribution in [-0.2, 0) is 0 Å². The van der Waals surface area contributed by atoms with Gasteiger partial charge < -0.3 is 0 Å². The van der Waals surface area contributed by atoms with Gasteiger partial charge in [-0.2, -0.15) is 0 Å². The minimum Gasteiger partial charge on any atom is -0.294 e. The summed E-state index contributed by atoms with van der Waals surface area (Å²) in [6.45, 7) is 0. The van der Waals surface area contributed by atoms with Crippen LogP contribution in [0.15, 0.2) is 134 Å². The summed E-state index contributed by atoms with van der Waals surface area (Å²) < 4.78 is 9.66. The van der Waals surface area contributed by atoms with Gasteiger partial charge in [0.25, 0.3) is 0 Å². The molecule has 10 rings (SSSR count). The molecule has 0 bridgehead atoms. The quantitative estimate of drug-likeness (QED) is 0.209. The highest BCUT2D eigenvalue weighted by molar-refractivity contribution is 7.25. The van der Waals surface area contributed by atoms with E-state index in [-0.39, 0.29) is 0 Å². The number of hydrogen-bond donors (Lipinski definition) is 0. The van der Waals surface area contributed by atoms with Crippen LogP contribution < -0.4 is 0 Å². The summed E-state index contributed by atoms with van der Waals surface area (Å²) in [6, 6.07) is 46.2. The van der Waals surface area contributed by atoms with Gasteiger partial charge in [-0.15, -0.1) is 11.3 Å². The second-order valence-electron chi connectivity index (χ2n) is 10.9. The van der Waals surface area contributed by atoms with Crippen molar-refractivity contribution in [1.82, 2.24) is 18.5 Å². The molecule has 5 heteroatoms. The average molecular weight is 555 g/mol. The number of benzene rings is 5. The smallest absolute Gasteiger partial charge is 0.145 e. The lowest BCUT2D eigenvalue weighted by Gasteiger charge is -2.08. The molecule has 196 valence electrons. The van der Waals surface area contributed by atoms with Crippen LogP contribution >= 0.6 is 11.3 Å². The Morgan fingerprint density at radius 1 is 0.476 bits per heavy atom. The molecule has 4 nitrogen and oxygen atoms in total. The Bertz CT molecular complexity index is 2650. The molecule has 0 unspecified atom stereocenters. The van der Waals surface area contributed by atoms with E-state index < -0.39 is 0 Å². The first-order valence-corrected chi connectivity index (χ1v) is 15.0. The number of imidazole rings is 1. The summed E-state index contributed by atoms with van der Waals surface area (Å²) >= 11 is 1.85. The molecule has 10 aromatic rings. The van der Waals surface area contributed by atoms with Crippen LogP contribution in [0.4, 0.5) is 0 Å². The topological polar surface area (TPSA) is 27.2 Å². The van der Waals surface area contributed by atoms with Gasteiger partial charge in [-0.05, 0) is 78.9 Å². The van der Waals surface area contributed by atoms with Gasteiger partial charge in [0.05, 0.1) is 22.1 Å². The highest BCUT2D eigenvalue weighted by atomic mass is 32.1. The molecule has 0 radical (unpaired) electrons. The average Bonchev–Trinajstić information content (AvgIpc) is 3.77. The number of pyridine rings is 1. The van der Waals surface area contributed by atoms with Crippen LogP contribution in [0.1, 0.15) is 0 Å². The normalized spacial score (nSPS) is 12.3. The molecule has 5 aromatic heterocycles. The Labute approximate surface area is 243 Å². The Balaban J connectivity index is 1.25. The molecule has 0 aliphatic rings. The number of aromatic nitrogens is 4. The van der Waals surface area contributed by atoms with Crippen molar-refractivity contribution < 1.29 is 0 Å². The van der Waals surface area contributed by atoms with Crippen LogP contribution in [0.5, 0.6) is 0 Å². The van der Waals surface area contributed by atoms with Gasteiger partial charge in [0.2, 0.25) is 0 Å². The van der Waals surface area contributed by atoms with Gasteiger partial charge in [0.15, 0.2) is 0 Å². The standard InChI is InChI=1S/C37H22N4S/c1-3-11-30-23(8-1)20-36-39(32-13-5-6-14-33(32)41(30)36)24-15-17-34-28(21-24)29-22-25(16-18-35(29)42-34)40-31-12-4-2-9-26(31)27-10-7-19-38-37(27)40/h1-22H. The van der Waals surface area contributed by atoms with Crippen molar-refractivity contribution in [3.63, 3.8) is 0 Å². The molecule has 0 aliphatic heterocycles. The maximum absolute atomic E-state index is 4.81. The van der Waals surface area contributed by atoms with Gasteiger partial charge in [-0.3, -0.25) is 13.5 Å². The fourth-order valence-electron chi connectivity index (χ4n) is 6.88. The van der Waals surface area contributed by atoms with Crippen LogP contribution in [0, 0.1) is 0 Å². The summed E-state index contributed by atoms with van der Waals surface area (Å²) in [5.74, 6) is 0. The van der Waals surface area contributed by atoms with Crippen molar-refractivity contribution in [3.8, 4) is 11.4 Å². The fourth-order valence-corrected chi connectivity index (χ4v) is 7.95. The summed E-state index contributed by atoms with van der Waals surface area (Å²) in [4.78, 5) is 4.81. The van der Waals surface area contributed by atoms with E-state index in [0.29, 0.717) is 0 Å². The van der Waals surface area contributed by atoms with Gasteiger partial charge in [0.1, 0.15) is 11.3 Å². The molecular weight excluding hydrogens is 533 g/mol. The molecular formula is C37H22N4S. The first-order valence-electron chi connectivity index (χ1n) is 14.1. The largest absolute Gasteiger partial charge is 0.294 e. The lowest BCUT2D eigenvalue weighted by Crippen LogP contribution is -1.95. The number of fused-ring (bicyclic) bond motifs is 11. The predicted molar refractivity (Wildman–Crippen MR) is 177 cm³/mol. The Kier molecular flexibility index (Phi) is 4.30. The first-order chi connectivity index (χ1) is 20.8. The highest BCUT2D eigenvalue weighted by Gasteiger charge is 2.17. The van der Waals surface area contributed by atoms with Crippen LogP contribution in [0.25, 0.3) is 81.1 Å². The van der Waals surface area contributed by atoms with Gasteiger partial charge in [0, 0.05) is 53.9 Å². The molecule has 0 atom stereocenters. The van der Waals surface area contributed by atoms with E-state index >= 15 is 0 Å². The van der Waals surface area contributed by atoms with Crippen molar-refractivity contribution in [1.29, 1.82) is 0 Å². The Morgan fingerprint density at radius 3 is 1.93 bits per heavy atom. The minimum atomic E-state index is 0.986. The number of nitrogens with zero attached hydrogens (tertiary/aromatic N) is 4. The van der Waals surface area contributed by atoms with Gasteiger partial charge in [-0.1, -0.05) is 48.5 Å². The van der Waals surface area contributed by atoms with Crippen LogP contribution in [-0.4, -0.2) is 18.5 Å². The molecule has 5 aromatic carbocycles. The van der Waals surface area contributed by atoms with Gasteiger partial charge in [-0.25, -0.2) is 4.98 Å². The second-order valence-corrected chi connectivity index (χ2v) is 12.0. The summed E-state index contributed by atoms with van der Waals surface area (Å²) in [5.41, 5.74) is 9.28. The summed E-state index contributed by atoms with van der Waals surface area (Å²) in [6.07, 6.45) is 1.88. The minimum absolute atomic E-state index is 0.986. The summed E-state index contributed by atoms with van der Waals surface area (Å²) in [7, 11) is 0. The molecule has 42 heavy (non-hydrogen) atoms. The van der Waals surface area contributed by atoms with Gasteiger partial charge >= 0.3 is 0 Å². The lowest BCUT2D eigenvalue weighted by atomic mass is 10.1. The van der Waals surface area contributed by atoms with E-state index in [0.717, 1.165) is 11.3 Å². The first kappa shape index (κ1) is 22.3. The molecule has 0 fully saturated rings. The van der Waals surface area contributed by atoms with E-state index in [1.54, 1.807) is 0 Å². The van der Waals surface area contributed by atoms with Crippen molar-refractivity contribution in [2.45, 2.75) is 0 Å².